The van der Waals surface area contributed by atoms with E-state index >= 15 is 0 Å². The highest BCUT2D eigenvalue weighted by molar-refractivity contribution is 7.13. The molecule has 0 spiro atoms. The maximum atomic E-state index is 5.65. The molecule has 0 aliphatic heterocycles. The first-order valence-electron chi connectivity index (χ1n) is 4.59. The number of alkyl halides is 1. The molecular formula is C10H10ClN3S. The minimum Gasteiger partial charge on any atom is -0.238 e. The van der Waals surface area contributed by atoms with Crippen molar-refractivity contribution in [3.63, 3.8) is 0 Å². The van der Waals surface area contributed by atoms with Crippen LogP contribution in [0.15, 0.2) is 17.8 Å². The smallest absolute Gasteiger partial charge is 0.188 e. The number of rotatable bonds is 3. The van der Waals surface area contributed by atoms with E-state index < -0.39 is 0 Å². The van der Waals surface area contributed by atoms with Gasteiger partial charge in [0, 0.05) is 30.1 Å². The molecule has 0 N–H and O–H groups in total. The van der Waals surface area contributed by atoms with E-state index in [4.69, 9.17) is 11.6 Å². The number of nitrogens with zero attached hydrogens (tertiary/aromatic N) is 3. The Morgan fingerprint density at radius 3 is 2.73 bits per heavy atom. The Bertz CT molecular complexity index is 438. The van der Waals surface area contributed by atoms with Crippen LogP contribution in [0, 0.1) is 6.92 Å². The summed E-state index contributed by atoms with van der Waals surface area (Å²) >= 11 is 7.20. The zero-order valence-corrected chi connectivity index (χ0v) is 9.85. The van der Waals surface area contributed by atoms with Gasteiger partial charge in [0.2, 0.25) is 0 Å². The second-order valence-corrected chi connectivity index (χ2v) is 4.40. The molecule has 0 aliphatic carbocycles. The van der Waals surface area contributed by atoms with Crippen LogP contribution in [0.4, 0.5) is 0 Å². The third kappa shape index (κ3) is 2.52. The lowest BCUT2D eigenvalue weighted by molar-refractivity contribution is 1.06. The summed E-state index contributed by atoms with van der Waals surface area (Å²) in [5.41, 5.74) is 2.06. The van der Waals surface area contributed by atoms with Crippen molar-refractivity contribution in [3.8, 4) is 10.8 Å². The van der Waals surface area contributed by atoms with Crippen molar-refractivity contribution in [1.82, 2.24) is 15.0 Å². The average molecular weight is 240 g/mol. The van der Waals surface area contributed by atoms with Gasteiger partial charge in [0.1, 0.15) is 0 Å². The van der Waals surface area contributed by atoms with Gasteiger partial charge in [-0.2, -0.15) is 0 Å². The Balaban J connectivity index is 2.25. The quantitative estimate of drug-likeness (QED) is 0.773. The van der Waals surface area contributed by atoms with Gasteiger partial charge < -0.3 is 0 Å². The molecule has 0 atom stereocenters. The van der Waals surface area contributed by atoms with E-state index in [1.165, 1.54) is 0 Å². The Morgan fingerprint density at radius 1 is 1.33 bits per heavy atom. The van der Waals surface area contributed by atoms with E-state index in [1.54, 1.807) is 23.7 Å². The standard InChI is InChI=1S/C10H10ClN3S/c1-7-4-12-9(13-5-7)10-14-8(2-3-11)6-15-10/h4-6H,2-3H2,1H3. The number of halogens is 1. The van der Waals surface area contributed by atoms with Crippen LogP contribution in [-0.2, 0) is 6.42 Å². The van der Waals surface area contributed by atoms with Gasteiger partial charge in [0.25, 0.3) is 0 Å². The minimum absolute atomic E-state index is 0.595. The third-order valence-corrected chi connectivity index (χ3v) is 2.95. The second kappa shape index (κ2) is 4.68. The summed E-state index contributed by atoms with van der Waals surface area (Å²) in [5, 5.41) is 2.86. The van der Waals surface area contributed by atoms with Gasteiger partial charge in [-0.1, -0.05) is 0 Å². The zero-order valence-electron chi connectivity index (χ0n) is 8.27. The summed E-state index contributed by atoms with van der Waals surface area (Å²) in [4.78, 5) is 12.9. The summed E-state index contributed by atoms with van der Waals surface area (Å²) in [5.74, 6) is 1.28. The van der Waals surface area contributed by atoms with Crippen molar-refractivity contribution in [2.45, 2.75) is 13.3 Å². The summed E-state index contributed by atoms with van der Waals surface area (Å²) in [7, 11) is 0. The second-order valence-electron chi connectivity index (χ2n) is 3.17. The first-order valence-corrected chi connectivity index (χ1v) is 6.00. The number of thiazole rings is 1. The molecule has 2 rings (SSSR count). The van der Waals surface area contributed by atoms with Crippen molar-refractivity contribution < 1.29 is 0 Å². The third-order valence-electron chi connectivity index (χ3n) is 1.87. The normalized spacial score (nSPS) is 10.5. The molecule has 0 aromatic carbocycles. The van der Waals surface area contributed by atoms with Crippen molar-refractivity contribution in [2.24, 2.45) is 0 Å². The van der Waals surface area contributed by atoms with E-state index in [9.17, 15) is 0 Å². The van der Waals surface area contributed by atoms with Gasteiger partial charge in [-0.15, -0.1) is 22.9 Å². The van der Waals surface area contributed by atoms with Crippen LogP contribution in [0.2, 0.25) is 0 Å². The monoisotopic (exact) mass is 239 g/mol. The summed E-state index contributed by atoms with van der Waals surface area (Å²) in [6.07, 6.45) is 4.39. The largest absolute Gasteiger partial charge is 0.238 e. The topological polar surface area (TPSA) is 38.7 Å². The minimum atomic E-state index is 0.595. The van der Waals surface area contributed by atoms with E-state index in [1.807, 2.05) is 12.3 Å². The molecule has 0 amide bonds. The molecule has 2 heterocycles. The van der Waals surface area contributed by atoms with Gasteiger partial charge in [-0.3, -0.25) is 0 Å². The van der Waals surface area contributed by atoms with Gasteiger partial charge in [-0.25, -0.2) is 15.0 Å². The van der Waals surface area contributed by atoms with E-state index in [0.717, 1.165) is 22.7 Å². The number of aryl methyl sites for hydroxylation is 2. The molecule has 3 nitrogen and oxygen atoms in total. The van der Waals surface area contributed by atoms with Crippen LogP contribution in [0.25, 0.3) is 10.8 Å². The Kier molecular flexibility index (Phi) is 3.28. The van der Waals surface area contributed by atoms with Crippen LogP contribution in [0.3, 0.4) is 0 Å². The molecule has 15 heavy (non-hydrogen) atoms. The highest BCUT2D eigenvalue weighted by Crippen LogP contribution is 2.20. The van der Waals surface area contributed by atoms with Crippen LogP contribution in [-0.4, -0.2) is 20.8 Å². The van der Waals surface area contributed by atoms with E-state index in [0.29, 0.717) is 11.7 Å². The fraction of sp³-hybridized carbons (Fsp3) is 0.300. The number of aromatic nitrogens is 3. The van der Waals surface area contributed by atoms with Crippen LogP contribution < -0.4 is 0 Å². The zero-order chi connectivity index (χ0) is 10.7. The predicted molar refractivity (Wildman–Crippen MR) is 62.3 cm³/mol. The average Bonchev–Trinajstić information content (AvgIpc) is 2.68. The molecule has 5 heteroatoms. The van der Waals surface area contributed by atoms with Crippen molar-refractivity contribution in [3.05, 3.63) is 29.0 Å². The molecule has 2 aromatic rings. The molecule has 0 bridgehead atoms. The summed E-state index contributed by atoms with van der Waals surface area (Å²) in [6.45, 7) is 1.96. The maximum Gasteiger partial charge on any atom is 0.188 e. The lowest BCUT2D eigenvalue weighted by Gasteiger charge is -1.94. The van der Waals surface area contributed by atoms with Crippen LogP contribution in [0.1, 0.15) is 11.3 Å². The fourth-order valence-electron chi connectivity index (χ4n) is 1.12. The van der Waals surface area contributed by atoms with Gasteiger partial charge in [-0.05, 0) is 12.5 Å². The van der Waals surface area contributed by atoms with E-state index in [-0.39, 0.29) is 0 Å². The molecule has 78 valence electrons. The van der Waals surface area contributed by atoms with Crippen LogP contribution >= 0.6 is 22.9 Å². The van der Waals surface area contributed by atoms with Crippen LogP contribution in [0.5, 0.6) is 0 Å². The Morgan fingerprint density at radius 2 is 2.07 bits per heavy atom. The molecular weight excluding hydrogens is 230 g/mol. The molecule has 0 saturated heterocycles. The van der Waals surface area contributed by atoms with E-state index in [2.05, 4.69) is 15.0 Å². The molecule has 0 saturated carbocycles. The van der Waals surface area contributed by atoms with Gasteiger partial charge in [0.15, 0.2) is 10.8 Å². The highest BCUT2D eigenvalue weighted by Gasteiger charge is 2.06. The lowest BCUT2D eigenvalue weighted by Crippen LogP contribution is -1.90. The SMILES string of the molecule is Cc1cnc(-c2nc(CCCl)cs2)nc1. The predicted octanol–water partition coefficient (Wildman–Crippen LogP) is 2.69. The lowest BCUT2D eigenvalue weighted by atomic mass is 10.4. The number of hydrogen-bond acceptors (Lipinski definition) is 4. The molecule has 0 unspecified atom stereocenters. The summed E-state index contributed by atoms with van der Waals surface area (Å²) < 4.78 is 0. The van der Waals surface area contributed by atoms with Gasteiger partial charge in [0.05, 0.1) is 5.69 Å². The molecule has 0 fully saturated rings. The van der Waals surface area contributed by atoms with Gasteiger partial charge >= 0.3 is 0 Å². The Labute approximate surface area is 97.2 Å². The number of hydrogen-bond donors (Lipinski definition) is 0. The first-order chi connectivity index (χ1) is 7.29. The summed E-state index contributed by atoms with van der Waals surface area (Å²) in [6, 6.07) is 0. The fourth-order valence-corrected chi connectivity index (χ4v) is 2.12. The first kappa shape index (κ1) is 10.5. The van der Waals surface area contributed by atoms with Crippen molar-refractivity contribution in [1.29, 1.82) is 0 Å². The maximum absolute atomic E-state index is 5.65. The molecule has 0 radical (unpaired) electrons. The highest BCUT2D eigenvalue weighted by atomic mass is 35.5. The van der Waals surface area contributed by atoms with Crippen molar-refractivity contribution >= 4 is 22.9 Å². The van der Waals surface area contributed by atoms with Crippen molar-refractivity contribution in [2.75, 3.05) is 5.88 Å². The molecule has 2 aromatic heterocycles. The Hall–Kier alpha value is -1.00. The molecule has 0 aliphatic rings.